The summed E-state index contributed by atoms with van der Waals surface area (Å²) in [6.07, 6.45) is 0. The van der Waals surface area contributed by atoms with Crippen LogP contribution in [0.2, 0.25) is 0 Å². The van der Waals surface area contributed by atoms with E-state index in [1.807, 2.05) is 26.0 Å². The molecule has 0 aromatic heterocycles. The highest BCUT2D eigenvalue weighted by molar-refractivity contribution is 14.1. The lowest BCUT2D eigenvalue weighted by molar-refractivity contribution is -0.121. The maximum absolute atomic E-state index is 12.8. The second-order valence-corrected chi connectivity index (χ2v) is 7.46. The van der Waals surface area contributed by atoms with Crippen LogP contribution in [0.5, 0.6) is 0 Å². The zero-order chi connectivity index (χ0) is 18.1. The first-order chi connectivity index (χ1) is 11.9. The van der Waals surface area contributed by atoms with Gasteiger partial charge in [-0.3, -0.25) is 19.3 Å². The van der Waals surface area contributed by atoms with Crippen molar-refractivity contribution < 1.29 is 14.4 Å². The van der Waals surface area contributed by atoms with Gasteiger partial charge < -0.3 is 5.32 Å². The highest BCUT2D eigenvalue weighted by Gasteiger charge is 2.43. The second-order valence-electron chi connectivity index (χ2n) is 6.21. The van der Waals surface area contributed by atoms with Crippen LogP contribution in [0.3, 0.4) is 0 Å². The van der Waals surface area contributed by atoms with Gasteiger partial charge in [-0.25, -0.2) is 0 Å². The van der Waals surface area contributed by atoms with Crippen molar-refractivity contribution in [2.24, 2.45) is 5.92 Å². The zero-order valence-corrected chi connectivity index (χ0v) is 16.0. The summed E-state index contributed by atoms with van der Waals surface area (Å²) in [7, 11) is 0. The van der Waals surface area contributed by atoms with Gasteiger partial charge in [0.2, 0.25) is 5.91 Å². The minimum atomic E-state index is -0.869. The summed E-state index contributed by atoms with van der Waals surface area (Å²) in [4.78, 5) is 39.2. The van der Waals surface area contributed by atoms with Crippen LogP contribution >= 0.6 is 22.6 Å². The Hall–Kier alpha value is -2.22. The van der Waals surface area contributed by atoms with Gasteiger partial charge in [0.05, 0.1) is 11.1 Å². The van der Waals surface area contributed by atoms with E-state index in [1.165, 1.54) is 0 Å². The smallest absolute Gasteiger partial charge is 0.262 e. The lowest BCUT2D eigenvalue weighted by Gasteiger charge is -2.28. The van der Waals surface area contributed by atoms with Crippen molar-refractivity contribution >= 4 is 46.0 Å². The van der Waals surface area contributed by atoms with Crippen LogP contribution in [0.15, 0.2) is 48.5 Å². The first kappa shape index (κ1) is 17.6. The minimum absolute atomic E-state index is 0.217. The fourth-order valence-corrected chi connectivity index (χ4v) is 3.29. The molecule has 128 valence electrons. The number of nitrogens with one attached hydrogen (secondary N) is 1. The second kappa shape index (κ2) is 6.95. The molecule has 2 aromatic carbocycles. The van der Waals surface area contributed by atoms with Crippen molar-refractivity contribution in [3.8, 4) is 0 Å². The van der Waals surface area contributed by atoms with Gasteiger partial charge in [-0.2, -0.15) is 0 Å². The van der Waals surface area contributed by atoms with E-state index in [4.69, 9.17) is 0 Å². The molecule has 0 fully saturated rings. The number of nitrogens with zero attached hydrogens (tertiary/aromatic N) is 1. The van der Waals surface area contributed by atoms with Crippen LogP contribution in [-0.2, 0) is 4.79 Å². The molecule has 0 spiro atoms. The Balaban J connectivity index is 1.89. The molecule has 0 saturated carbocycles. The summed E-state index contributed by atoms with van der Waals surface area (Å²) in [5, 5.41) is 2.81. The first-order valence-electron chi connectivity index (χ1n) is 7.93. The van der Waals surface area contributed by atoms with Gasteiger partial charge >= 0.3 is 0 Å². The Labute approximate surface area is 159 Å². The third-order valence-corrected chi connectivity index (χ3v) is 4.83. The predicted octanol–water partition coefficient (Wildman–Crippen LogP) is 3.55. The van der Waals surface area contributed by atoms with Gasteiger partial charge in [0.15, 0.2) is 0 Å². The standard InChI is InChI=1S/C19H17IN2O3/c1-11(2)16(17(23)21-13-9-7-12(20)8-10-13)22-18(24)14-5-3-4-6-15(14)19(22)25/h3-11,16H,1-2H3,(H,21,23)/t16-/m0/s1. The van der Waals surface area contributed by atoms with E-state index < -0.39 is 17.9 Å². The average Bonchev–Trinajstić information content (AvgIpc) is 2.83. The van der Waals surface area contributed by atoms with Crippen molar-refractivity contribution in [1.29, 1.82) is 0 Å². The largest absolute Gasteiger partial charge is 0.324 e. The van der Waals surface area contributed by atoms with E-state index in [9.17, 15) is 14.4 Å². The first-order valence-corrected chi connectivity index (χ1v) is 9.01. The van der Waals surface area contributed by atoms with Gasteiger partial charge in [-0.05, 0) is 64.9 Å². The van der Waals surface area contributed by atoms with Crippen LogP contribution in [0, 0.1) is 9.49 Å². The Morgan fingerprint density at radius 2 is 1.48 bits per heavy atom. The monoisotopic (exact) mass is 448 g/mol. The number of carbonyl (C=O) groups excluding carboxylic acids is 3. The zero-order valence-electron chi connectivity index (χ0n) is 13.8. The molecule has 6 heteroatoms. The fourth-order valence-electron chi connectivity index (χ4n) is 2.93. The number of hydrogen-bond acceptors (Lipinski definition) is 3. The number of imide groups is 1. The normalized spacial score (nSPS) is 14.6. The van der Waals surface area contributed by atoms with Gasteiger partial charge in [0.1, 0.15) is 6.04 Å². The van der Waals surface area contributed by atoms with E-state index in [-0.39, 0.29) is 11.8 Å². The number of fused-ring (bicyclic) bond motifs is 1. The fraction of sp³-hybridized carbons (Fsp3) is 0.211. The van der Waals surface area contributed by atoms with Crippen molar-refractivity contribution in [3.63, 3.8) is 0 Å². The molecule has 0 aliphatic carbocycles. The summed E-state index contributed by atoms with van der Waals surface area (Å²) in [5.41, 5.74) is 1.33. The Kier molecular flexibility index (Phi) is 4.89. The SMILES string of the molecule is CC(C)[C@@H](C(=O)Nc1ccc(I)cc1)N1C(=O)c2ccccc2C1=O. The van der Waals surface area contributed by atoms with Crippen LogP contribution in [-0.4, -0.2) is 28.7 Å². The molecule has 1 aliphatic rings. The Morgan fingerprint density at radius 1 is 0.960 bits per heavy atom. The number of amides is 3. The van der Waals surface area contributed by atoms with Crippen molar-refractivity contribution in [2.45, 2.75) is 19.9 Å². The molecule has 2 aromatic rings. The molecule has 3 rings (SSSR count). The van der Waals surface area contributed by atoms with Crippen molar-refractivity contribution in [1.82, 2.24) is 4.90 Å². The van der Waals surface area contributed by atoms with Crippen LogP contribution in [0.1, 0.15) is 34.6 Å². The molecule has 0 bridgehead atoms. The molecule has 25 heavy (non-hydrogen) atoms. The minimum Gasteiger partial charge on any atom is -0.324 e. The van der Waals surface area contributed by atoms with Gasteiger partial charge in [-0.1, -0.05) is 26.0 Å². The predicted molar refractivity (Wildman–Crippen MR) is 103 cm³/mol. The molecule has 1 atom stereocenters. The molecule has 5 nitrogen and oxygen atoms in total. The third kappa shape index (κ3) is 3.30. The van der Waals surface area contributed by atoms with E-state index in [0.29, 0.717) is 16.8 Å². The topological polar surface area (TPSA) is 66.5 Å². The van der Waals surface area contributed by atoms with Crippen molar-refractivity contribution in [2.75, 3.05) is 5.32 Å². The highest BCUT2D eigenvalue weighted by Crippen LogP contribution is 2.27. The van der Waals surface area contributed by atoms with Crippen molar-refractivity contribution in [3.05, 3.63) is 63.2 Å². The molecule has 1 aliphatic heterocycles. The Morgan fingerprint density at radius 3 is 1.96 bits per heavy atom. The molecular formula is C19H17IN2O3. The van der Waals surface area contributed by atoms with E-state index in [2.05, 4.69) is 27.9 Å². The molecular weight excluding hydrogens is 431 g/mol. The summed E-state index contributed by atoms with van der Waals surface area (Å²) < 4.78 is 1.05. The van der Waals surface area contributed by atoms with E-state index in [1.54, 1.807) is 36.4 Å². The maximum Gasteiger partial charge on any atom is 0.262 e. The lowest BCUT2D eigenvalue weighted by Crippen LogP contribution is -2.50. The number of hydrogen-bond donors (Lipinski definition) is 1. The molecule has 0 radical (unpaired) electrons. The Bertz CT molecular complexity index is 811. The molecule has 0 saturated heterocycles. The van der Waals surface area contributed by atoms with Gasteiger partial charge in [0.25, 0.3) is 11.8 Å². The highest BCUT2D eigenvalue weighted by atomic mass is 127. The van der Waals surface area contributed by atoms with Gasteiger partial charge in [-0.15, -0.1) is 0 Å². The molecule has 1 N–H and O–H groups in total. The number of benzene rings is 2. The van der Waals surface area contributed by atoms with E-state index in [0.717, 1.165) is 8.47 Å². The maximum atomic E-state index is 12.8. The van der Waals surface area contributed by atoms with Crippen LogP contribution in [0.4, 0.5) is 5.69 Å². The summed E-state index contributed by atoms with van der Waals surface area (Å²) in [6.45, 7) is 3.64. The molecule has 1 heterocycles. The van der Waals surface area contributed by atoms with Gasteiger partial charge in [0, 0.05) is 9.26 Å². The number of halogens is 1. The summed E-state index contributed by atoms with van der Waals surface area (Å²) >= 11 is 2.18. The molecule has 3 amide bonds. The number of carbonyl (C=O) groups is 3. The average molecular weight is 448 g/mol. The summed E-state index contributed by atoms with van der Waals surface area (Å²) in [5.74, 6) is -1.43. The molecule has 0 unspecified atom stereocenters. The van der Waals surface area contributed by atoms with Crippen LogP contribution in [0.25, 0.3) is 0 Å². The lowest BCUT2D eigenvalue weighted by atomic mass is 10.0. The quantitative estimate of drug-likeness (QED) is 0.575. The number of rotatable bonds is 4. The van der Waals surface area contributed by atoms with Crippen LogP contribution < -0.4 is 5.32 Å². The van der Waals surface area contributed by atoms with E-state index >= 15 is 0 Å². The number of anilines is 1. The third-order valence-electron chi connectivity index (χ3n) is 4.12. The summed E-state index contributed by atoms with van der Waals surface area (Å²) in [6, 6.07) is 13.1.